The average molecular weight is 527 g/mol. The molecule has 0 atom stereocenters. The van der Waals surface area contributed by atoms with Crippen LogP contribution in [-0.2, 0) is 26.4 Å². The Balaban J connectivity index is 1.31. The molecule has 36 heavy (non-hydrogen) atoms. The summed E-state index contributed by atoms with van der Waals surface area (Å²) < 4.78 is 50.7. The number of hydrogen-bond donors (Lipinski definition) is 2. The lowest BCUT2D eigenvalue weighted by Crippen LogP contribution is -2.39. The minimum Gasteiger partial charge on any atom is -0.323 e. The van der Waals surface area contributed by atoms with E-state index in [1.165, 1.54) is 0 Å². The van der Waals surface area contributed by atoms with Crippen molar-refractivity contribution in [1.29, 1.82) is 0 Å². The topological polar surface area (TPSA) is 126 Å². The number of hydrogen-bond acceptors (Lipinski definition) is 8. The van der Waals surface area contributed by atoms with Gasteiger partial charge in [-0.2, -0.15) is 0 Å². The van der Waals surface area contributed by atoms with Gasteiger partial charge in [-0.1, -0.05) is 24.3 Å². The lowest BCUT2D eigenvalue weighted by Gasteiger charge is -2.26. The summed E-state index contributed by atoms with van der Waals surface area (Å²) in [5, 5.41) is 7.85. The summed E-state index contributed by atoms with van der Waals surface area (Å²) >= 11 is 0. The number of rotatable bonds is 7. The Morgan fingerprint density at radius 3 is 2.44 bits per heavy atom. The largest absolute Gasteiger partial charge is 0.323 e. The van der Waals surface area contributed by atoms with E-state index in [1.54, 1.807) is 28.9 Å². The third-order valence-electron chi connectivity index (χ3n) is 5.91. The highest BCUT2D eigenvalue weighted by atomic mass is 32.2. The maximum Gasteiger partial charge on any atom is 0.245 e. The van der Waals surface area contributed by atoms with E-state index in [-0.39, 0.29) is 11.5 Å². The summed E-state index contributed by atoms with van der Waals surface area (Å²) in [5.74, 6) is 0.845. The van der Waals surface area contributed by atoms with E-state index in [0.29, 0.717) is 31.3 Å². The number of nitrogens with zero attached hydrogens (tertiary/aromatic N) is 4. The summed E-state index contributed by atoms with van der Waals surface area (Å²) in [4.78, 5) is 6.55. The first-order valence-corrected chi connectivity index (χ1v) is 15.1. The van der Waals surface area contributed by atoms with Crippen molar-refractivity contribution in [3.05, 3.63) is 72.4 Å². The molecule has 2 N–H and O–H groups in total. The smallest absolute Gasteiger partial charge is 0.245 e. The van der Waals surface area contributed by atoms with Crippen LogP contribution in [0.25, 0.3) is 16.8 Å². The molecule has 2 aromatic carbocycles. The van der Waals surface area contributed by atoms with Gasteiger partial charge in [0.1, 0.15) is 0 Å². The van der Waals surface area contributed by atoms with Crippen LogP contribution in [-0.4, -0.2) is 67.2 Å². The lowest BCUT2D eigenvalue weighted by atomic mass is 10.1. The number of fused-ring (bicyclic) bond motifs is 1. The minimum atomic E-state index is -3.38. The lowest BCUT2D eigenvalue weighted by molar-refractivity contribution is 0.287. The van der Waals surface area contributed by atoms with Crippen LogP contribution in [0.5, 0.6) is 0 Å². The fraction of sp³-hybridized carbons (Fsp3) is 0.250. The Bertz CT molecular complexity index is 1600. The van der Waals surface area contributed by atoms with Crippen LogP contribution in [0.1, 0.15) is 5.56 Å². The second-order valence-corrected chi connectivity index (χ2v) is 12.9. The van der Waals surface area contributed by atoms with E-state index in [0.717, 1.165) is 34.3 Å². The summed E-state index contributed by atoms with van der Waals surface area (Å²) in [6.45, 7) is 1.82. The molecular formula is C24H26N6O4S2. The summed E-state index contributed by atoms with van der Waals surface area (Å²) in [5.41, 5.74) is 4.81. The van der Waals surface area contributed by atoms with Gasteiger partial charge in [-0.25, -0.2) is 26.3 Å². The zero-order valence-electron chi connectivity index (χ0n) is 19.6. The van der Waals surface area contributed by atoms with Gasteiger partial charge in [0.15, 0.2) is 9.84 Å². The van der Waals surface area contributed by atoms with Crippen molar-refractivity contribution in [2.24, 2.45) is 0 Å². The van der Waals surface area contributed by atoms with E-state index in [4.69, 9.17) is 0 Å². The fourth-order valence-electron chi connectivity index (χ4n) is 4.12. The second kappa shape index (κ2) is 9.52. The molecule has 0 bridgehead atoms. The van der Waals surface area contributed by atoms with Gasteiger partial charge in [0.25, 0.3) is 0 Å². The van der Waals surface area contributed by atoms with Crippen molar-refractivity contribution in [2.45, 2.75) is 6.54 Å². The highest BCUT2D eigenvalue weighted by Gasteiger charge is 2.21. The first kappa shape index (κ1) is 24.2. The van der Waals surface area contributed by atoms with E-state index in [9.17, 15) is 16.8 Å². The Morgan fingerprint density at radius 1 is 0.972 bits per heavy atom. The molecule has 1 saturated heterocycles. The average Bonchev–Trinajstić information content (AvgIpc) is 3.24. The Kier molecular flexibility index (Phi) is 6.41. The molecule has 188 valence electrons. The second-order valence-electron chi connectivity index (χ2n) is 8.84. The third kappa shape index (κ3) is 5.83. The van der Waals surface area contributed by atoms with Crippen molar-refractivity contribution in [3.8, 4) is 11.3 Å². The molecule has 3 heterocycles. The van der Waals surface area contributed by atoms with Gasteiger partial charge in [-0.05, 0) is 42.0 Å². The third-order valence-corrected chi connectivity index (χ3v) is 8.13. The SMILES string of the molecule is CS(=O)(=O)Nc1cccc(-c2ccc3cnc(Nc4ccc(CN5CCS(=O)(=O)CC5)cc4)nn23)c1. The van der Waals surface area contributed by atoms with Gasteiger partial charge in [0, 0.05) is 36.6 Å². The molecule has 4 aromatic rings. The van der Waals surface area contributed by atoms with Crippen molar-refractivity contribution >= 4 is 42.7 Å². The number of sulfonamides is 1. The molecule has 5 rings (SSSR count). The summed E-state index contributed by atoms with van der Waals surface area (Å²) in [6.07, 6.45) is 2.83. The van der Waals surface area contributed by atoms with Crippen LogP contribution < -0.4 is 10.0 Å². The summed E-state index contributed by atoms with van der Waals surface area (Å²) in [6, 6.07) is 18.8. The molecule has 0 spiro atoms. The zero-order chi connectivity index (χ0) is 25.3. The highest BCUT2D eigenvalue weighted by Crippen LogP contribution is 2.25. The van der Waals surface area contributed by atoms with Crippen molar-refractivity contribution < 1.29 is 16.8 Å². The number of benzene rings is 2. The summed E-state index contributed by atoms with van der Waals surface area (Å²) in [7, 11) is -6.27. The van der Waals surface area contributed by atoms with Gasteiger partial charge < -0.3 is 5.32 Å². The van der Waals surface area contributed by atoms with Gasteiger partial charge in [-0.3, -0.25) is 9.62 Å². The molecule has 10 nitrogen and oxygen atoms in total. The standard InChI is InChI=1S/C24H26N6O4S2/c1-35(31,32)28-21-4-2-3-19(15-21)23-10-9-22-16-25-24(27-30(22)23)26-20-7-5-18(6-8-20)17-29-11-13-36(33,34)14-12-29/h2-10,15-16,28H,11-14,17H2,1H3,(H,26,27). The Labute approximate surface area is 210 Å². The molecule has 0 amide bonds. The van der Waals surface area contributed by atoms with Gasteiger partial charge in [0.05, 0.1) is 35.2 Å². The Morgan fingerprint density at radius 2 is 1.72 bits per heavy atom. The van der Waals surface area contributed by atoms with Crippen molar-refractivity contribution in [1.82, 2.24) is 19.5 Å². The molecule has 0 saturated carbocycles. The van der Waals surface area contributed by atoms with E-state index in [1.807, 2.05) is 42.5 Å². The van der Waals surface area contributed by atoms with Crippen LogP contribution in [0.4, 0.5) is 17.3 Å². The van der Waals surface area contributed by atoms with Crippen LogP contribution in [0, 0.1) is 0 Å². The maximum absolute atomic E-state index is 11.6. The van der Waals surface area contributed by atoms with Crippen LogP contribution in [0.2, 0.25) is 0 Å². The predicted octanol–water partition coefficient (Wildman–Crippen LogP) is 2.74. The molecule has 0 radical (unpaired) electrons. The molecule has 1 aliphatic rings. The van der Waals surface area contributed by atoms with Crippen molar-refractivity contribution in [3.63, 3.8) is 0 Å². The van der Waals surface area contributed by atoms with Gasteiger partial charge >= 0.3 is 0 Å². The monoisotopic (exact) mass is 526 g/mol. The predicted molar refractivity (Wildman–Crippen MR) is 141 cm³/mol. The first-order chi connectivity index (χ1) is 17.1. The number of nitrogens with one attached hydrogen (secondary N) is 2. The fourth-order valence-corrected chi connectivity index (χ4v) is 5.95. The quantitative estimate of drug-likeness (QED) is 0.377. The van der Waals surface area contributed by atoms with Gasteiger partial charge in [0.2, 0.25) is 16.0 Å². The molecular weight excluding hydrogens is 500 g/mol. The molecule has 12 heteroatoms. The molecule has 0 aliphatic carbocycles. The van der Waals surface area contributed by atoms with Crippen LogP contribution in [0.3, 0.4) is 0 Å². The zero-order valence-corrected chi connectivity index (χ0v) is 21.3. The van der Waals surface area contributed by atoms with E-state index >= 15 is 0 Å². The maximum atomic E-state index is 11.6. The number of sulfone groups is 1. The highest BCUT2D eigenvalue weighted by molar-refractivity contribution is 7.92. The molecule has 0 unspecified atom stereocenters. The van der Waals surface area contributed by atoms with Crippen LogP contribution >= 0.6 is 0 Å². The normalized spacial score (nSPS) is 16.1. The minimum absolute atomic E-state index is 0.215. The number of anilines is 3. The van der Waals surface area contributed by atoms with Gasteiger partial charge in [-0.15, -0.1) is 5.10 Å². The molecule has 1 fully saturated rings. The van der Waals surface area contributed by atoms with Crippen molar-refractivity contribution in [2.75, 3.05) is 40.9 Å². The molecule has 1 aliphatic heterocycles. The number of aromatic nitrogens is 3. The van der Waals surface area contributed by atoms with Crippen LogP contribution in [0.15, 0.2) is 66.9 Å². The first-order valence-electron chi connectivity index (χ1n) is 11.4. The van der Waals surface area contributed by atoms with E-state index < -0.39 is 19.9 Å². The van der Waals surface area contributed by atoms with E-state index in [2.05, 4.69) is 25.0 Å². The Hall–Kier alpha value is -3.48. The molecule has 2 aromatic heterocycles.